The first kappa shape index (κ1) is 73.5. The van der Waals surface area contributed by atoms with Crippen LogP contribution in [0.3, 0.4) is 0 Å². The summed E-state index contributed by atoms with van der Waals surface area (Å²) in [6.07, 6.45) is 43.4. The summed E-state index contributed by atoms with van der Waals surface area (Å²) < 4.78 is 29.8. The Bertz CT molecular complexity index is 1280. The number of aliphatic hydroxyl groups is 2. The van der Waals surface area contributed by atoms with Crippen molar-refractivity contribution in [3.8, 4) is 0 Å². The van der Waals surface area contributed by atoms with Crippen molar-refractivity contribution in [1.82, 2.24) is 0 Å². The summed E-state index contributed by atoms with van der Waals surface area (Å²) in [5, 5.41) is 20.8. The third-order valence-corrected chi connectivity index (χ3v) is 16.0. The molecule has 0 bridgehead atoms. The minimum absolute atomic E-state index is 0.0932. The number of hydrogen-bond donors (Lipinski definition) is 2. The van der Waals surface area contributed by atoms with E-state index in [2.05, 4.69) is 27.7 Å². The van der Waals surface area contributed by atoms with Gasteiger partial charge in [0, 0.05) is 25.7 Å². The first-order valence-electron chi connectivity index (χ1n) is 31.9. The number of carbonyl (C=O) groups is 4. The van der Waals surface area contributed by atoms with Crippen molar-refractivity contribution in [3.05, 3.63) is 0 Å². The second kappa shape index (κ2) is 53.1. The van der Waals surface area contributed by atoms with Crippen molar-refractivity contribution < 1.29 is 57.6 Å². The lowest BCUT2D eigenvalue weighted by Gasteiger charge is -2.35. The predicted molar refractivity (Wildman–Crippen MR) is 307 cm³/mol. The molecule has 12 nitrogen and oxygen atoms in total. The van der Waals surface area contributed by atoms with Crippen LogP contribution in [-0.2, 0) is 47.4 Å². The molecule has 444 valence electrons. The van der Waals surface area contributed by atoms with Gasteiger partial charge in [-0.3, -0.25) is 19.2 Å². The molecule has 3 unspecified atom stereocenters. The van der Waals surface area contributed by atoms with Crippen molar-refractivity contribution >= 4 is 31.1 Å². The number of rotatable bonds is 61. The van der Waals surface area contributed by atoms with Crippen molar-refractivity contribution in [3.63, 3.8) is 0 Å². The summed E-state index contributed by atoms with van der Waals surface area (Å²) in [7, 11) is -5.15. The van der Waals surface area contributed by atoms with Gasteiger partial charge in [-0.25, -0.2) is 14.3 Å². The highest BCUT2D eigenvalue weighted by atomic mass is 31.2. The SMILES string of the molecule is CCCCCCCCCCCCCC(=O)OP(=O)(OOC(C)CO)OOC(CO)C(C(=O)CCCCCCCCCCCCC)(C(=O)CCCCCCCCCCCCC)C(=O)CCCCCCCCCCCCC. The van der Waals surface area contributed by atoms with Crippen LogP contribution in [0.15, 0.2) is 0 Å². The van der Waals surface area contributed by atoms with E-state index in [1.807, 2.05) is 0 Å². The highest BCUT2D eigenvalue weighted by Crippen LogP contribution is 2.52. The third kappa shape index (κ3) is 39.5. The Kier molecular flexibility index (Phi) is 52.0. The van der Waals surface area contributed by atoms with Crippen LogP contribution in [-0.4, -0.2) is 59.0 Å². The van der Waals surface area contributed by atoms with Gasteiger partial charge in [0.05, 0.1) is 13.2 Å². The molecule has 0 aliphatic heterocycles. The van der Waals surface area contributed by atoms with Crippen LogP contribution < -0.4 is 0 Å². The van der Waals surface area contributed by atoms with E-state index in [-0.39, 0.29) is 25.7 Å². The lowest BCUT2D eigenvalue weighted by molar-refractivity contribution is -0.321. The molecule has 75 heavy (non-hydrogen) atoms. The molecule has 0 aromatic heterocycles. The smallest absolute Gasteiger partial charge is 0.394 e. The van der Waals surface area contributed by atoms with E-state index >= 15 is 0 Å². The summed E-state index contributed by atoms with van der Waals surface area (Å²) >= 11 is 0. The molecule has 0 saturated heterocycles. The van der Waals surface area contributed by atoms with Crippen molar-refractivity contribution in [2.75, 3.05) is 13.2 Å². The van der Waals surface area contributed by atoms with Crippen LogP contribution in [0.1, 0.15) is 343 Å². The number of aliphatic hydroxyl groups excluding tert-OH is 2. The molecule has 0 fully saturated rings. The maximum Gasteiger partial charge on any atom is 0.587 e. The number of hydrogen-bond acceptors (Lipinski definition) is 12. The highest BCUT2D eigenvalue weighted by Gasteiger charge is 2.58. The zero-order valence-electron chi connectivity index (χ0n) is 49.4. The summed E-state index contributed by atoms with van der Waals surface area (Å²) in [6, 6.07) is 0. The van der Waals surface area contributed by atoms with Gasteiger partial charge in [0.2, 0.25) is 0 Å². The second-order valence-corrected chi connectivity index (χ2v) is 23.5. The van der Waals surface area contributed by atoms with Gasteiger partial charge in [0.1, 0.15) is 12.2 Å². The fourth-order valence-corrected chi connectivity index (χ4v) is 11.0. The fourth-order valence-electron chi connectivity index (χ4n) is 10.1. The number of unbranched alkanes of at least 4 members (excludes halogenated alkanes) is 40. The molecule has 0 amide bonds. The first-order chi connectivity index (χ1) is 36.5. The summed E-state index contributed by atoms with van der Waals surface area (Å²) in [5.41, 5.74) is -2.46. The van der Waals surface area contributed by atoms with Gasteiger partial charge >= 0.3 is 13.8 Å². The molecule has 0 radical (unpaired) electrons. The highest BCUT2D eigenvalue weighted by molar-refractivity contribution is 7.48. The maximum absolute atomic E-state index is 14.9. The first-order valence-corrected chi connectivity index (χ1v) is 33.3. The summed E-state index contributed by atoms with van der Waals surface area (Å²) in [6.45, 7) is 8.74. The van der Waals surface area contributed by atoms with Gasteiger partial charge in [-0.15, -0.1) is 9.35 Å². The monoisotopic (exact) mass is 1090 g/mol. The Balaban J connectivity index is 6.40. The molecular formula is C62H119O12P. The quantitative estimate of drug-likeness (QED) is 0.0194. The van der Waals surface area contributed by atoms with Crippen LogP contribution in [0.25, 0.3) is 0 Å². The van der Waals surface area contributed by atoms with Gasteiger partial charge in [-0.1, -0.05) is 285 Å². The molecule has 0 saturated carbocycles. The van der Waals surface area contributed by atoms with E-state index in [0.29, 0.717) is 25.7 Å². The topological polar surface area (TPSA) is 172 Å². The third-order valence-electron chi connectivity index (χ3n) is 15.0. The van der Waals surface area contributed by atoms with E-state index in [9.17, 15) is 34.0 Å². The van der Waals surface area contributed by atoms with E-state index in [4.69, 9.17) is 23.6 Å². The van der Waals surface area contributed by atoms with E-state index in [1.165, 1.54) is 161 Å². The van der Waals surface area contributed by atoms with Crippen molar-refractivity contribution in [2.45, 2.75) is 355 Å². The Morgan fingerprint density at radius 1 is 0.360 bits per heavy atom. The van der Waals surface area contributed by atoms with Gasteiger partial charge in [-0.2, -0.15) is 0 Å². The molecule has 0 aromatic rings. The lowest BCUT2D eigenvalue weighted by Crippen LogP contribution is -2.57. The fraction of sp³-hybridized carbons (Fsp3) is 0.935. The molecule has 13 heteroatoms. The van der Waals surface area contributed by atoms with E-state index in [0.717, 1.165) is 103 Å². The van der Waals surface area contributed by atoms with Crippen molar-refractivity contribution in [1.29, 1.82) is 0 Å². The normalized spacial score (nSPS) is 13.5. The number of phosphoric acid groups is 1. The molecule has 2 N–H and O–H groups in total. The number of Topliss-reactive ketones (excluding diaryl/α,β-unsaturated/α-hetero) is 3. The van der Waals surface area contributed by atoms with Gasteiger partial charge in [-0.05, 0) is 32.6 Å². The minimum atomic E-state index is -5.15. The Labute approximate surface area is 460 Å². The Morgan fingerprint density at radius 2 is 0.600 bits per heavy atom. The average Bonchev–Trinajstić information content (AvgIpc) is 3.40. The zero-order chi connectivity index (χ0) is 55.4. The standard InChI is InChI=1S/C62H119O12P/c1-6-10-14-18-22-26-30-34-38-42-46-50-57(65)62(58(66)51-47-43-39-35-31-27-23-19-15-11-7-2,59(67)52-48-44-40-36-32-28-24-20-16-12-8-3)60(55-64)71-74-75(69,73-70-56(5)54-63)72-61(68)53-49-45-41-37-33-29-25-21-17-13-9-4/h56,60,63-64H,6-55H2,1-5H3. The molecule has 0 rings (SSSR count). The van der Waals surface area contributed by atoms with Gasteiger partial charge in [0.25, 0.3) is 0 Å². The largest absolute Gasteiger partial charge is 0.587 e. The molecule has 0 aliphatic rings. The van der Waals surface area contributed by atoms with Crippen LogP contribution in [0.2, 0.25) is 0 Å². The molecule has 0 aromatic carbocycles. The number of ketones is 3. The van der Waals surface area contributed by atoms with Crippen LogP contribution in [0.5, 0.6) is 0 Å². The Hall–Kier alpha value is -1.53. The van der Waals surface area contributed by atoms with Gasteiger partial charge < -0.3 is 14.7 Å². The van der Waals surface area contributed by atoms with Crippen LogP contribution in [0.4, 0.5) is 0 Å². The van der Waals surface area contributed by atoms with Crippen LogP contribution in [0, 0.1) is 5.41 Å². The summed E-state index contributed by atoms with van der Waals surface area (Å²) in [5.74, 6) is -2.89. The second-order valence-electron chi connectivity index (χ2n) is 22.1. The number of carbonyl (C=O) groups excluding carboxylic acids is 4. The minimum Gasteiger partial charge on any atom is -0.394 e. The Morgan fingerprint density at radius 3 is 0.853 bits per heavy atom. The summed E-state index contributed by atoms with van der Waals surface area (Å²) in [4.78, 5) is 68.7. The van der Waals surface area contributed by atoms with E-state index in [1.54, 1.807) is 0 Å². The molecule has 3 atom stereocenters. The average molecular weight is 1090 g/mol. The van der Waals surface area contributed by atoms with E-state index < -0.39 is 62.0 Å². The molecular weight excluding hydrogens is 968 g/mol. The predicted octanol–water partition coefficient (Wildman–Crippen LogP) is 18.8. The zero-order valence-corrected chi connectivity index (χ0v) is 50.3. The maximum atomic E-state index is 14.9. The molecule has 0 aliphatic carbocycles. The molecule has 0 spiro atoms. The molecule has 0 heterocycles. The van der Waals surface area contributed by atoms with Crippen molar-refractivity contribution in [2.24, 2.45) is 5.41 Å². The van der Waals surface area contributed by atoms with Crippen LogP contribution >= 0.6 is 7.82 Å². The van der Waals surface area contributed by atoms with Gasteiger partial charge in [0.15, 0.2) is 22.8 Å². The lowest BCUT2D eigenvalue weighted by atomic mass is 9.67.